The lowest BCUT2D eigenvalue weighted by Gasteiger charge is -2.14. The SMILES string of the molecule is CCn1cccc1C(O)c1cccc(N)c1. The molecule has 1 aromatic heterocycles. The van der Waals surface area contributed by atoms with Crippen LogP contribution in [0.5, 0.6) is 0 Å². The number of aliphatic hydroxyl groups excluding tert-OH is 1. The number of nitrogens with two attached hydrogens (primary N) is 1. The quantitative estimate of drug-likeness (QED) is 0.772. The summed E-state index contributed by atoms with van der Waals surface area (Å²) in [5.74, 6) is 0. The van der Waals surface area contributed by atoms with E-state index in [4.69, 9.17) is 5.73 Å². The molecule has 0 amide bonds. The van der Waals surface area contributed by atoms with Crippen molar-refractivity contribution in [2.45, 2.75) is 19.6 Å². The van der Waals surface area contributed by atoms with Gasteiger partial charge in [0.15, 0.2) is 0 Å². The Bertz CT molecular complexity index is 476. The molecule has 0 spiro atoms. The van der Waals surface area contributed by atoms with E-state index >= 15 is 0 Å². The number of nitrogens with zero attached hydrogens (tertiary/aromatic N) is 1. The molecule has 1 heterocycles. The highest BCUT2D eigenvalue weighted by atomic mass is 16.3. The number of benzene rings is 1. The van der Waals surface area contributed by atoms with Crippen LogP contribution in [0.4, 0.5) is 5.69 Å². The van der Waals surface area contributed by atoms with Crippen molar-refractivity contribution in [2.24, 2.45) is 0 Å². The van der Waals surface area contributed by atoms with E-state index in [0.29, 0.717) is 5.69 Å². The van der Waals surface area contributed by atoms with Crippen molar-refractivity contribution in [3.8, 4) is 0 Å². The molecular weight excluding hydrogens is 200 g/mol. The molecule has 2 rings (SSSR count). The lowest BCUT2D eigenvalue weighted by molar-refractivity contribution is 0.210. The van der Waals surface area contributed by atoms with E-state index in [1.54, 1.807) is 6.07 Å². The summed E-state index contributed by atoms with van der Waals surface area (Å²) in [5.41, 5.74) is 8.10. The van der Waals surface area contributed by atoms with Gasteiger partial charge in [0, 0.05) is 18.4 Å². The first kappa shape index (κ1) is 10.8. The van der Waals surface area contributed by atoms with Crippen LogP contribution in [0.3, 0.4) is 0 Å². The minimum Gasteiger partial charge on any atom is -0.399 e. The van der Waals surface area contributed by atoms with Crippen LogP contribution >= 0.6 is 0 Å². The molecule has 2 aromatic rings. The third kappa shape index (κ3) is 1.95. The van der Waals surface area contributed by atoms with Gasteiger partial charge in [-0.05, 0) is 36.8 Å². The van der Waals surface area contributed by atoms with Crippen LogP contribution in [0.25, 0.3) is 0 Å². The van der Waals surface area contributed by atoms with Crippen molar-refractivity contribution in [1.82, 2.24) is 4.57 Å². The second-order valence-corrected chi connectivity index (χ2v) is 3.79. The number of hydrogen-bond donors (Lipinski definition) is 2. The molecule has 0 bridgehead atoms. The third-order valence-electron chi connectivity index (χ3n) is 2.71. The minimum absolute atomic E-state index is 0.613. The molecule has 0 saturated heterocycles. The zero-order valence-electron chi connectivity index (χ0n) is 9.30. The second-order valence-electron chi connectivity index (χ2n) is 3.79. The van der Waals surface area contributed by atoms with E-state index < -0.39 is 6.10 Å². The van der Waals surface area contributed by atoms with Crippen molar-refractivity contribution in [2.75, 3.05) is 5.73 Å². The molecule has 0 aliphatic carbocycles. The standard InChI is InChI=1S/C13H16N2O/c1-2-15-8-4-7-12(15)13(16)10-5-3-6-11(14)9-10/h3-9,13,16H,2,14H2,1H3. The van der Waals surface area contributed by atoms with Gasteiger partial charge in [0.25, 0.3) is 0 Å². The van der Waals surface area contributed by atoms with Gasteiger partial charge in [-0.15, -0.1) is 0 Å². The van der Waals surface area contributed by atoms with Crippen molar-refractivity contribution < 1.29 is 5.11 Å². The Hall–Kier alpha value is -1.74. The Labute approximate surface area is 95.1 Å². The van der Waals surface area contributed by atoms with Crippen LogP contribution in [-0.2, 0) is 6.54 Å². The average Bonchev–Trinajstić information content (AvgIpc) is 2.76. The Kier molecular flexibility index (Phi) is 2.97. The highest BCUT2D eigenvalue weighted by Gasteiger charge is 2.13. The number of aryl methyl sites for hydroxylation is 1. The Morgan fingerprint density at radius 3 is 2.81 bits per heavy atom. The molecule has 0 fully saturated rings. The summed E-state index contributed by atoms with van der Waals surface area (Å²) in [5, 5.41) is 10.2. The van der Waals surface area contributed by atoms with Gasteiger partial charge in [-0.3, -0.25) is 0 Å². The van der Waals surface area contributed by atoms with Gasteiger partial charge in [-0.25, -0.2) is 0 Å². The largest absolute Gasteiger partial charge is 0.399 e. The number of rotatable bonds is 3. The summed E-state index contributed by atoms with van der Waals surface area (Å²) in [4.78, 5) is 0. The first-order valence-corrected chi connectivity index (χ1v) is 5.41. The zero-order valence-corrected chi connectivity index (χ0v) is 9.30. The fourth-order valence-electron chi connectivity index (χ4n) is 1.86. The van der Waals surface area contributed by atoms with E-state index in [9.17, 15) is 5.11 Å². The number of aliphatic hydroxyl groups is 1. The Morgan fingerprint density at radius 2 is 2.12 bits per heavy atom. The van der Waals surface area contributed by atoms with Gasteiger partial charge >= 0.3 is 0 Å². The molecule has 1 aromatic carbocycles. The first-order chi connectivity index (χ1) is 7.72. The average molecular weight is 216 g/mol. The molecule has 0 aliphatic heterocycles. The fraction of sp³-hybridized carbons (Fsp3) is 0.231. The topological polar surface area (TPSA) is 51.2 Å². The summed E-state index contributed by atoms with van der Waals surface area (Å²) >= 11 is 0. The summed E-state index contributed by atoms with van der Waals surface area (Å²) in [7, 11) is 0. The lowest BCUT2D eigenvalue weighted by atomic mass is 10.1. The third-order valence-corrected chi connectivity index (χ3v) is 2.71. The van der Waals surface area contributed by atoms with Crippen molar-refractivity contribution in [1.29, 1.82) is 0 Å². The Morgan fingerprint density at radius 1 is 1.31 bits per heavy atom. The Balaban J connectivity index is 2.35. The summed E-state index contributed by atoms with van der Waals surface area (Å²) < 4.78 is 2.02. The molecule has 84 valence electrons. The van der Waals surface area contributed by atoms with Crippen LogP contribution in [0, 0.1) is 0 Å². The molecular formula is C13H16N2O. The van der Waals surface area contributed by atoms with Crippen LogP contribution in [0.1, 0.15) is 24.3 Å². The van der Waals surface area contributed by atoms with Crippen LogP contribution in [0.15, 0.2) is 42.6 Å². The molecule has 0 saturated carbocycles. The maximum atomic E-state index is 10.2. The van der Waals surface area contributed by atoms with Gasteiger partial charge in [-0.1, -0.05) is 12.1 Å². The van der Waals surface area contributed by atoms with Crippen molar-refractivity contribution in [3.05, 3.63) is 53.9 Å². The molecule has 3 nitrogen and oxygen atoms in total. The van der Waals surface area contributed by atoms with Crippen LogP contribution < -0.4 is 5.73 Å². The second kappa shape index (κ2) is 4.41. The number of anilines is 1. The highest BCUT2D eigenvalue weighted by Crippen LogP contribution is 2.23. The normalized spacial score (nSPS) is 12.6. The van der Waals surface area contributed by atoms with E-state index in [2.05, 4.69) is 6.92 Å². The molecule has 0 radical (unpaired) electrons. The number of hydrogen-bond acceptors (Lipinski definition) is 2. The highest BCUT2D eigenvalue weighted by molar-refractivity contribution is 5.43. The molecule has 3 heteroatoms. The van der Waals surface area contributed by atoms with Gasteiger partial charge in [0.2, 0.25) is 0 Å². The van der Waals surface area contributed by atoms with Crippen molar-refractivity contribution in [3.63, 3.8) is 0 Å². The van der Waals surface area contributed by atoms with Crippen molar-refractivity contribution >= 4 is 5.69 Å². The fourth-order valence-corrected chi connectivity index (χ4v) is 1.86. The first-order valence-electron chi connectivity index (χ1n) is 5.41. The molecule has 3 N–H and O–H groups in total. The maximum absolute atomic E-state index is 10.2. The van der Waals surface area contributed by atoms with E-state index in [1.807, 2.05) is 41.1 Å². The summed E-state index contributed by atoms with van der Waals surface area (Å²) in [6, 6.07) is 11.2. The maximum Gasteiger partial charge on any atom is 0.119 e. The van der Waals surface area contributed by atoms with E-state index in [-0.39, 0.29) is 0 Å². The lowest BCUT2D eigenvalue weighted by Crippen LogP contribution is -2.07. The van der Waals surface area contributed by atoms with Crippen LogP contribution in [-0.4, -0.2) is 9.67 Å². The number of aromatic nitrogens is 1. The molecule has 16 heavy (non-hydrogen) atoms. The summed E-state index contributed by atoms with van der Waals surface area (Å²) in [6.45, 7) is 2.90. The van der Waals surface area contributed by atoms with E-state index in [1.165, 1.54) is 0 Å². The van der Waals surface area contributed by atoms with Gasteiger partial charge in [0.05, 0.1) is 5.69 Å². The predicted molar refractivity (Wildman–Crippen MR) is 65.0 cm³/mol. The minimum atomic E-state index is -0.613. The van der Waals surface area contributed by atoms with Crippen LogP contribution in [0.2, 0.25) is 0 Å². The smallest absolute Gasteiger partial charge is 0.119 e. The van der Waals surface area contributed by atoms with Gasteiger partial charge in [0.1, 0.15) is 6.10 Å². The molecule has 1 atom stereocenters. The van der Waals surface area contributed by atoms with Gasteiger partial charge < -0.3 is 15.4 Å². The number of nitrogen functional groups attached to an aromatic ring is 1. The molecule has 1 unspecified atom stereocenters. The summed E-state index contributed by atoms with van der Waals surface area (Å²) in [6.07, 6.45) is 1.35. The van der Waals surface area contributed by atoms with E-state index in [0.717, 1.165) is 17.8 Å². The van der Waals surface area contributed by atoms with Gasteiger partial charge in [-0.2, -0.15) is 0 Å². The predicted octanol–water partition coefficient (Wildman–Crippen LogP) is 2.17. The monoisotopic (exact) mass is 216 g/mol. The zero-order chi connectivity index (χ0) is 11.5. The molecule has 0 aliphatic rings.